The Bertz CT molecular complexity index is 52.4. The molecule has 1 fully saturated rings. The summed E-state index contributed by atoms with van der Waals surface area (Å²) >= 11 is 0. The van der Waals surface area contributed by atoms with Gasteiger partial charge in [-0.3, -0.25) is 0 Å². The molecule has 1 heterocycles. The Kier molecular flexibility index (Phi) is 1.65. The third-order valence-corrected chi connectivity index (χ3v) is 1.28. The van der Waals surface area contributed by atoms with Gasteiger partial charge in [-0.1, -0.05) is 0 Å². The first kappa shape index (κ1) is 5.06. The molecule has 1 saturated heterocycles. The van der Waals surface area contributed by atoms with Gasteiger partial charge in [0.25, 0.3) is 0 Å². The molecule has 0 aromatic rings. The Morgan fingerprint density at radius 1 is 1.86 bits per heavy atom. The zero-order valence-corrected chi connectivity index (χ0v) is 4.26. The van der Waals surface area contributed by atoms with Crippen LogP contribution in [-0.2, 0) is 4.74 Å². The zero-order valence-electron chi connectivity index (χ0n) is 4.26. The van der Waals surface area contributed by atoms with E-state index in [1.165, 1.54) is 0 Å². The van der Waals surface area contributed by atoms with E-state index in [1.807, 2.05) is 0 Å². The Morgan fingerprint density at radius 2 is 2.71 bits per heavy atom. The molecule has 0 aliphatic carbocycles. The lowest BCUT2D eigenvalue weighted by atomic mass is 10.1. The molecular weight excluding hydrogens is 92.1 g/mol. The van der Waals surface area contributed by atoms with Crippen LogP contribution in [0.3, 0.4) is 0 Å². The first-order valence-electron chi connectivity index (χ1n) is 2.62. The second-order valence-electron chi connectivity index (χ2n) is 1.91. The highest BCUT2D eigenvalue weighted by Crippen LogP contribution is 2.09. The topological polar surface area (TPSA) is 29.5 Å². The van der Waals surface area contributed by atoms with Crippen molar-refractivity contribution in [3.63, 3.8) is 0 Å². The van der Waals surface area contributed by atoms with Gasteiger partial charge < -0.3 is 9.84 Å². The molecule has 0 spiro atoms. The molecule has 1 atom stereocenters. The van der Waals surface area contributed by atoms with Gasteiger partial charge in [-0.15, -0.1) is 0 Å². The zero-order chi connectivity index (χ0) is 5.11. The van der Waals surface area contributed by atoms with Crippen LogP contribution in [0.4, 0.5) is 0 Å². The first-order chi connectivity index (χ1) is 3.43. The minimum absolute atomic E-state index is 0. The van der Waals surface area contributed by atoms with Crippen molar-refractivity contribution in [3.8, 4) is 0 Å². The largest absolute Gasteiger partial charge is 0.396 e. The summed E-state index contributed by atoms with van der Waals surface area (Å²) in [5, 5.41) is 8.49. The van der Waals surface area contributed by atoms with Gasteiger partial charge in [0.1, 0.15) is 0 Å². The summed E-state index contributed by atoms with van der Waals surface area (Å²) in [7, 11) is 0. The van der Waals surface area contributed by atoms with E-state index < -0.39 is 0 Å². The van der Waals surface area contributed by atoms with Gasteiger partial charge in [0.05, 0.1) is 6.61 Å². The van der Waals surface area contributed by atoms with Crippen molar-refractivity contribution < 1.29 is 11.3 Å². The summed E-state index contributed by atoms with van der Waals surface area (Å²) in [6.45, 7) is 1.89. The molecule has 44 valence electrons. The van der Waals surface area contributed by atoms with Crippen LogP contribution in [0.15, 0.2) is 0 Å². The summed E-state index contributed by atoms with van der Waals surface area (Å²) in [6.07, 6.45) is 1.04. The van der Waals surface area contributed by atoms with Crippen molar-refractivity contribution in [2.24, 2.45) is 5.92 Å². The van der Waals surface area contributed by atoms with Crippen molar-refractivity contribution in [2.75, 3.05) is 19.8 Å². The van der Waals surface area contributed by atoms with Gasteiger partial charge >= 0.3 is 0 Å². The number of hydrogen-bond acceptors (Lipinski definition) is 2. The monoisotopic (exact) mass is 104 g/mol. The summed E-state index contributed by atoms with van der Waals surface area (Å²) in [5.41, 5.74) is 0. The lowest BCUT2D eigenvalue weighted by molar-refractivity contribution is 0.161. The second-order valence-corrected chi connectivity index (χ2v) is 1.91. The van der Waals surface area contributed by atoms with E-state index >= 15 is 0 Å². The minimum atomic E-state index is 0. The lowest BCUT2D eigenvalue weighted by Crippen LogP contribution is -2.03. The van der Waals surface area contributed by atoms with Crippen molar-refractivity contribution in [1.29, 1.82) is 0 Å². The molecule has 0 amide bonds. The Morgan fingerprint density at radius 3 is 3.00 bits per heavy atom. The molecule has 1 rings (SSSR count). The van der Waals surface area contributed by atoms with E-state index in [0.29, 0.717) is 12.5 Å². The Balaban J connectivity index is 0.000000490. The van der Waals surface area contributed by atoms with Crippen LogP contribution in [0.2, 0.25) is 0 Å². The normalized spacial score (nSPS) is 31.3. The van der Waals surface area contributed by atoms with Crippen LogP contribution >= 0.6 is 0 Å². The van der Waals surface area contributed by atoms with E-state index in [1.54, 1.807) is 0 Å². The van der Waals surface area contributed by atoms with Gasteiger partial charge in [0.15, 0.2) is 0 Å². The maximum absolute atomic E-state index is 8.49. The highest BCUT2D eigenvalue weighted by Gasteiger charge is 2.12. The summed E-state index contributed by atoms with van der Waals surface area (Å²) in [5.74, 6) is 0.431. The van der Waals surface area contributed by atoms with Crippen LogP contribution in [0.5, 0.6) is 0 Å². The van der Waals surface area contributed by atoms with Gasteiger partial charge in [0, 0.05) is 20.6 Å². The highest BCUT2D eigenvalue weighted by molar-refractivity contribution is 4.60. The quantitative estimate of drug-likeness (QED) is 0.517. The van der Waals surface area contributed by atoms with Crippen LogP contribution in [-0.4, -0.2) is 24.9 Å². The molecule has 0 saturated carbocycles. The second kappa shape index (κ2) is 2.28. The molecule has 0 unspecified atom stereocenters. The smallest absolute Gasteiger partial charge is 0.0517 e. The maximum atomic E-state index is 8.49. The van der Waals surface area contributed by atoms with Crippen molar-refractivity contribution in [3.05, 3.63) is 0 Å². The van der Waals surface area contributed by atoms with Crippen molar-refractivity contribution in [1.82, 2.24) is 0 Å². The van der Waals surface area contributed by atoms with Crippen LogP contribution in [0.1, 0.15) is 7.85 Å². The fourth-order valence-electron chi connectivity index (χ4n) is 0.727. The molecule has 0 aromatic carbocycles. The molecule has 1 aliphatic heterocycles. The summed E-state index contributed by atoms with van der Waals surface area (Å²) in [6, 6.07) is 0. The van der Waals surface area contributed by atoms with Crippen LogP contribution in [0.25, 0.3) is 0 Å². The third-order valence-electron chi connectivity index (χ3n) is 1.28. The molecule has 0 bridgehead atoms. The average Bonchev–Trinajstić information content (AvgIpc) is 2.14. The molecular formula is C5H12O2. The van der Waals surface area contributed by atoms with Crippen LogP contribution < -0.4 is 0 Å². The fourth-order valence-corrected chi connectivity index (χ4v) is 0.727. The third kappa shape index (κ3) is 1.14. The predicted octanol–water partition coefficient (Wildman–Crippen LogP) is 0.261. The first-order valence-corrected chi connectivity index (χ1v) is 2.62. The van der Waals surface area contributed by atoms with Gasteiger partial charge in [-0.25, -0.2) is 0 Å². The highest BCUT2D eigenvalue weighted by atomic mass is 16.5. The van der Waals surface area contributed by atoms with E-state index in [2.05, 4.69) is 0 Å². The SMILES string of the molecule is OC[C@@H]1CCOC1.[HH]. The maximum Gasteiger partial charge on any atom is 0.0517 e. The lowest BCUT2D eigenvalue weighted by Gasteiger charge is -1.96. The van der Waals surface area contributed by atoms with Crippen molar-refractivity contribution in [2.45, 2.75) is 6.42 Å². The molecule has 2 heteroatoms. The molecule has 7 heavy (non-hydrogen) atoms. The molecule has 1 N–H and O–H groups in total. The number of rotatable bonds is 1. The minimum Gasteiger partial charge on any atom is -0.396 e. The Hall–Kier alpha value is -0.0800. The fraction of sp³-hybridized carbons (Fsp3) is 1.00. The number of aliphatic hydroxyl groups is 1. The van der Waals surface area contributed by atoms with Gasteiger partial charge in [0.2, 0.25) is 0 Å². The molecule has 0 radical (unpaired) electrons. The number of ether oxygens (including phenoxy) is 1. The molecule has 2 nitrogen and oxygen atoms in total. The van der Waals surface area contributed by atoms with E-state index in [9.17, 15) is 0 Å². The van der Waals surface area contributed by atoms with Crippen LogP contribution in [0, 0.1) is 5.92 Å². The standard InChI is InChI=1S/C5H10O2.H2/c6-3-5-1-2-7-4-5;/h5-6H,1-4H2;1H/t5-;/m0./s1. The summed E-state index contributed by atoms with van der Waals surface area (Å²) in [4.78, 5) is 0. The molecule has 0 aromatic heterocycles. The van der Waals surface area contributed by atoms with Crippen molar-refractivity contribution >= 4 is 0 Å². The number of aliphatic hydroxyl groups excluding tert-OH is 1. The van der Waals surface area contributed by atoms with E-state index in [-0.39, 0.29) is 1.43 Å². The van der Waals surface area contributed by atoms with Gasteiger partial charge in [-0.2, -0.15) is 0 Å². The molecule has 1 aliphatic rings. The number of hydrogen-bond donors (Lipinski definition) is 1. The van der Waals surface area contributed by atoms with E-state index in [0.717, 1.165) is 19.6 Å². The summed E-state index contributed by atoms with van der Waals surface area (Å²) < 4.78 is 4.99. The van der Waals surface area contributed by atoms with E-state index in [4.69, 9.17) is 9.84 Å². The predicted molar refractivity (Wildman–Crippen MR) is 28.1 cm³/mol. The average molecular weight is 104 g/mol. The Labute approximate surface area is 44.6 Å². The van der Waals surface area contributed by atoms with Gasteiger partial charge in [-0.05, 0) is 6.42 Å².